The number of hydrogen-bond acceptors (Lipinski definition) is 2. The second-order valence-corrected chi connectivity index (χ2v) is 6.55. The number of hydrogen-bond donors (Lipinski definition) is 0. The van der Waals surface area contributed by atoms with E-state index in [2.05, 4.69) is 40.0 Å². The molecular formula is C14H21BrClNO. The third kappa shape index (κ3) is 2.31. The molecule has 4 heteroatoms. The number of likely N-dealkylation sites (tertiary alicyclic amines) is 1. The van der Waals surface area contributed by atoms with Crippen LogP contribution in [0.4, 0.5) is 0 Å². The van der Waals surface area contributed by atoms with Crippen molar-refractivity contribution in [2.45, 2.75) is 23.8 Å². The monoisotopic (exact) mass is 333 g/mol. The second kappa shape index (κ2) is 5.66. The molecule has 18 heavy (non-hydrogen) atoms. The number of allylic oxidation sites excluding steroid dienone is 1. The third-order valence-corrected chi connectivity index (χ3v) is 5.61. The third-order valence-electron chi connectivity index (χ3n) is 4.54. The molecule has 102 valence electrons. The van der Waals surface area contributed by atoms with Gasteiger partial charge in [-0.25, -0.2) is 0 Å². The molecule has 0 amide bonds. The van der Waals surface area contributed by atoms with Crippen molar-refractivity contribution in [2.24, 2.45) is 11.8 Å². The fraction of sp³-hybridized carbons (Fsp3) is 0.714. The number of nitrogens with zero attached hydrogens (tertiary/aromatic N) is 1. The number of alkyl halides is 1. The van der Waals surface area contributed by atoms with Gasteiger partial charge in [-0.05, 0) is 31.4 Å². The molecule has 3 aliphatic rings. The molecule has 0 radical (unpaired) electrons. The Morgan fingerprint density at radius 2 is 2.17 bits per heavy atom. The predicted octanol–water partition coefficient (Wildman–Crippen LogP) is 3.02. The Morgan fingerprint density at radius 1 is 1.39 bits per heavy atom. The molecule has 3 rings (SSSR count). The standard InChI is InChI=1S/C14H20BrNO.ClH/c1-16-7-9-3-4-11-10(12(9)8-16)5-6-13(17-2)14(11)15;/h5-6,9,12-14H,3-4,7-8H2,1-2H3;1H. The zero-order valence-electron chi connectivity index (χ0n) is 10.9. The van der Waals surface area contributed by atoms with Gasteiger partial charge in [0, 0.05) is 26.1 Å². The second-order valence-electron chi connectivity index (χ2n) is 5.57. The lowest BCUT2D eigenvalue weighted by molar-refractivity contribution is 0.142. The minimum atomic E-state index is 0. The lowest BCUT2D eigenvalue weighted by Gasteiger charge is -2.35. The van der Waals surface area contributed by atoms with E-state index in [1.54, 1.807) is 18.3 Å². The van der Waals surface area contributed by atoms with E-state index in [4.69, 9.17) is 4.74 Å². The van der Waals surface area contributed by atoms with Crippen molar-refractivity contribution in [3.05, 3.63) is 23.3 Å². The van der Waals surface area contributed by atoms with Crippen LogP contribution in [-0.2, 0) is 4.74 Å². The van der Waals surface area contributed by atoms with Crippen LogP contribution in [0.1, 0.15) is 12.8 Å². The molecule has 4 unspecified atom stereocenters. The lowest BCUT2D eigenvalue weighted by Crippen LogP contribution is -2.32. The largest absolute Gasteiger partial charge is 0.376 e. The molecule has 2 aliphatic carbocycles. The summed E-state index contributed by atoms with van der Waals surface area (Å²) < 4.78 is 5.51. The molecule has 1 aliphatic heterocycles. The van der Waals surface area contributed by atoms with Crippen molar-refractivity contribution < 1.29 is 4.74 Å². The van der Waals surface area contributed by atoms with Gasteiger partial charge in [-0.1, -0.05) is 33.7 Å². The van der Waals surface area contributed by atoms with Crippen LogP contribution in [0.2, 0.25) is 0 Å². The van der Waals surface area contributed by atoms with Crippen molar-refractivity contribution in [3.63, 3.8) is 0 Å². The van der Waals surface area contributed by atoms with E-state index in [0.717, 1.165) is 11.8 Å². The predicted molar refractivity (Wildman–Crippen MR) is 80.6 cm³/mol. The van der Waals surface area contributed by atoms with Crippen LogP contribution in [0.15, 0.2) is 23.3 Å². The summed E-state index contributed by atoms with van der Waals surface area (Å²) >= 11 is 3.82. The zero-order valence-corrected chi connectivity index (χ0v) is 13.3. The van der Waals surface area contributed by atoms with Crippen LogP contribution in [0.25, 0.3) is 0 Å². The Morgan fingerprint density at radius 3 is 2.89 bits per heavy atom. The molecule has 0 saturated carbocycles. The highest BCUT2D eigenvalue weighted by Gasteiger charge is 2.40. The molecule has 1 heterocycles. The first-order valence-corrected chi connectivity index (χ1v) is 7.39. The molecule has 0 N–H and O–H groups in total. The van der Waals surface area contributed by atoms with Crippen LogP contribution in [0.3, 0.4) is 0 Å². The molecule has 4 atom stereocenters. The maximum absolute atomic E-state index is 5.51. The summed E-state index contributed by atoms with van der Waals surface area (Å²) in [6, 6.07) is 0. The molecule has 1 saturated heterocycles. The Hall–Kier alpha value is 0.170. The first-order valence-electron chi connectivity index (χ1n) is 6.47. The van der Waals surface area contributed by atoms with Gasteiger partial charge in [0.15, 0.2) is 0 Å². The molecule has 0 bridgehead atoms. The normalized spacial score (nSPS) is 39.3. The molecule has 2 nitrogen and oxygen atoms in total. The van der Waals surface area contributed by atoms with Gasteiger partial charge in [0.1, 0.15) is 0 Å². The van der Waals surface area contributed by atoms with E-state index in [9.17, 15) is 0 Å². The van der Waals surface area contributed by atoms with Gasteiger partial charge >= 0.3 is 0 Å². The minimum Gasteiger partial charge on any atom is -0.376 e. The van der Waals surface area contributed by atoms with Gasteiger partial charge in [-0.15, -0.1) is 12.4 Å². The van der Waals surface area contributed by atoms with Gasteiger partial charge in [0.05, 0.1) is 10.9 Å². The lowest BCUT2D eigenvalue weighted by atomic mass is 9.73. The summed E-state index contributed by atoms with van der Waals surface area (Å²) in [5.41, 5.74) is 3.19. The summed E-state index contributed by atoms with van der Waals surface area (Å²) in [7, 11) is 4.04. The Labute approximate surface area is 124 Å². The topological polar surface area (TPSA) is 12.5 Å². The number of methoxy groups -OCH3 is 1. The quantitative estimate of drug-likeness (QED) is 0.684. The van der Waals surface area contributed by atoms with E-state index in [0.29, 0.717) is 4.83 Å². The van der Waals surface area contributed by atoms with Gasteiger partial charge < -0.3 is 9.64 Å². The average molecular weight is 335 g/mol. The van der Waals surface area contributed by atoms with Crippen LogP contribution in [0.5, 0.6) is 0 Å². The minimum absolute atomic E-state index is 0. The SMILES string of the molecule is COC1C=CC2=C(CCC3CN(C)CC23)C1Br.Cl. The highest BCUT2D eigenvalue weighted by molar-refractivity contribution is 9.09. The summed E-state index contributed by atoms with van der Waals surface area (Å²) in [5.74, 6) is 1.64. The smallest absolute Gasteiger partial charge is 0.0917 e. The van der Waals surface area contributed by atoms with Crippen molar-refractivity contribution >= 4 is 28.3 Å². The van der Waals surface area contributed by atoms with Crippen molar-refractivity contribution in [2.75, 3.05) is 27.2 Å². The van der Waals surface area contributed by atoms with E-state index in [1.807, 2.05) is 0 Å². The number of rotatable bonds is 1. The van der Waals surface area contributed by atoms with Crippen LogP contribution < -0.4 is 0 Å². The Balaban J connectivity index is 0.00000120. The Bertz CT molecular complexity index is 382. The van der Waals surface area contributed by atoms with Crippen molar-refractivity contribution in [1.29, 1.82) is 0 Å². The molecule has 0 aromatic carbocycles. The van der Waals surface area contributed by atoms with Crippen molar-refractivity contribution in [1.82, 2.24) is 4.90 Å². The van der Waals surface area contributed by atoms with E-state index in [-0.39, 0.29) is 18.5 Å². The maximum atomic E-state index is 5.51. The Kier molecular flexibility index (Phi) is 4.58. The summed E-state index contributed by atoms with van der Waals surface area (Å²) in [6.07, 6.45) is 7.35. The fourth-order valence-electron chi connectivity index (χ4n) is 3.68. The van der Waals surface area contributed by atoms with Gasteiger partial charge in [0.25, 0.3) is 0 Å². The van der Waals surface area contributed by atoms with E-state index < -0.39 is 0 Å². The summed E-state index contributed by atoms with van der Waals surface area (Å²) in [4.78, 5) is 2.87. The van der Waals surface area contributed by atoms with E-state index >= 15 is 0 Å². The molecule has 1 fully saturated rings. The number of halogens is 2. The van der Waals surface area contributed by atoms with E-state index in [1.165, 1.54) is 25.9 Å². The summed E-state index contributed by atoms with van der Waals surface area (Å²) in [5, 5.41) is 0. The molecular weight excluding hydrogens is 314 g/mol. The molecule has 0 spiro atoms. The fourth-order valence-corrected chi connectivity index (χ4v) is 4.56. The highest BCUT2D eigenvalue weighted by atomic mass is 79.9. The van der Waals surface area contributed by atoms with Crippen LogP contribution in [-0.4, -0.2) is 43.1 Å². The van der Waals surface area contributed by atoms with Gasteiger partial charge in [-0.2, -0.15) is 0 Å². The maximum Gasteiger partial charge on any atom is 0.0917 e. The first kappa shape index (κ1) is 14.6. The summed E-state index contributed by atoms with van der Waals surface area (Å²) in [6.45, 7) is 2.50. The van der Waals surface area contributed by atoms with Crippen molar-refractivity contribution in [3.8, 4) is 0 Å². The number of fused-ring (bicyclic) bond motifs is 2. The molecule has 0 aromatic rings. The molecule has 0 aromatic heterocycles. The first-order chi connectivity index (χ1) is 8.20. The average Bonchev–Trinajstić information content (AvgIpc) is 2.70. The van der Waals surface area contributed by atoms with Gasteiger partial charge in [0.2, 0.25) is 0 Å². The number of ether oxygens (including phenoxy) is 1. The van der Waals surface area contributed by atoms with Crippen LogP contribution in [0, 0.1) is 11.8 Å². The van der Waals surface area contributed by atoms with Crippen LogP contribution >= 0.6 is 28.3 Å². The highest BCUT2D eigenvalue weighted by Crippen LogP contribution is 2.44. The zero-order chi connectivity index (χ0) is 12.0. The van der Waals surface area contributed by atoms with Gasteiger partial charge in [-0.3, -0.25) is 0 Å².